The number of carbonyl (C=O) groups is 1. The molecule has 0 atom stereocenters. The Hall–Kier alpha value is -2.33. The zero-order chi connectivity index (χ0) is 12.1. The van der Waals surface area contributed by atoms with Gasteiger partial charge in [0.2, 0.25) is 0 Å². The number of terminal acetylenes is 1. The molecule has 0 saturated carbocycles. The second-order valence-corrected chi connectivity index (χ2v) is 3.84. The highest BCUT2D eigenvalue weighted by Crippen LogP contribution is 2.27. The monoisotopic (exact) mass is 220 g/mol. The molecule has 82 valence electrons. The number of aldehydes is 1. The highest BCUT2D eigenvalue weighted by atomic mass is 16.1. The third-order valence-corrected chi connectivity index (χ3v) is 2.67. The van der Waals surface area contributed by atoms with Gasteiger partial charge in [0, 0.05) is 11.1 Å². The van der Waals surface area contributed by atoms with Crippen LogP contribution in [0.15, 0.2) is 59.7 Å². The average molecular weight is 220 g/mol. The van der Waals surface area contributed by atoms with Crippen molar-refractivity contribution in [2.75, 3.05) is 0 Å². The summed E-state index contributed by atoms with van der Waals surface area (Å²) in [4.78, 5) is 10.3. The van der Waals surface area contributed by atoms with Gasteiger partial charge in [-0.3, -0.25) is 4.79 Å². The third kappa shape index (κ3) is 2.62. The lowest BCUT2D eigenvalue weighted by atomic mass is 10.1. The van der Waals surface area contributed by atoms with Gasteiger partial charge in [0.1, 0.15) is 0 Å². The Morgan fingerprint density at radius 1 is 1.12 bits per heavy atom. The molecule has 0 radical (unpaired) electrons. The maximum Gasteiger partial charge on any atom is 0.151 e. The molecule has 2 aliphatic rings. The van der Waals surface area contributed by atoms with E-state index in [1.807, 2.05) is 6.07 Å². The molecule has 2 aliphatic carbocycles. The van der Waals surface area contributed by atoms with E-state index >= 15 is 0 Å². The number of allylic oxidation sites excluding steroid dienone is 6. The number of benzene rings is 1. The minimum Gasteiger partial charge on any atom is -0.298 e. The van der Waals surface area contributed by atoms with Crippen LogP contribution in [0.3, 0.4) is 0 Å². The second kappa shape index (κ2) is 5.14. The van der Waals surface area contributed by atoms with Crippen LogP contribution < -0.4 is 0 Å². The number of hydrogen-bond donors (Lipinski definition) is 0. The first kappa shape index (κ1) is 11.2. The summed E-state index contributed by atoms with van der Waals surface area (Å²) >= 11 is 0. The summed E-state index contributed by atoms with van der Waals surface area (Å²) < 4.78 is 0. The van der Waals surface area contributed by atoms with Crippen molar-refractivity contribution in [1.29, 1.82) is 0 Å². The maximum absolute atomic E-state index is 10.3. The third-order valence-electron chi connectivity index (χ3n) is 2.67. The molecule has 0 N–H and O–H groups in total. The van der Waals surface area contributed by atoms with Crippen LogP contribution in [0.1, 0.15) is 22.3 Å². The normalized spacial score (nSPS) is 14.3. The van der Waals surface area contributed by atoms with Gasteiger partial charge in [-0.25, -0.2) is 0 Å². The topological polar surface area (TPSA) is 17.1 Å². The molecule has 0 heterocycles. The van der Waals surface area contributed by atoms with Gasteiger partial charge >= 0.3 is 0 Å². The minimum absolute atomic E-state index is 0.574. The molecule has 3 rings (SSSR count). The molecule has 0 fully saturated rings. The number of hydrogen-bond acceptors (Lipinski definition) is 1. The molecule has 1 heteroatoms. The Labute approximate surface area is 101 Å². The van der Waals surface area contributed by atoms with Crippen molar-refractivity contribution in [3.8, 4) is 12.3 Å². The first-order chi connectivity index (χ1) is 8.33. The summed E-state index contributed by atoms with van der Waals surface area (Å²) in [5.74, 6) is 2.42. The van der Waals surface area contributed by atoms with E-state index < -0.39 is 0 Å². The molecular weight excluding hydrogens is 208 g/mol. The van der Waals surface area contributed by atoms with Gasteiger partial charge in [0.05, 0.1) is 0 Å². The summed E-state index contributed by atoms with van der Waals surface area (Å²) in [5.41, 5.74) is 4.16. The predicted octanol–water partition coefficient (Wildman–Crippen LogP) is 3.29. The molecule has 0 aliphatic heterocycles. The lowest BCUT2D eigenvalue weighted by molar-refractivity contribution is 0.112. The van der Waals surface area contributed by atoms with Crippen molar-refractivity contribution in [1.82, 2.24) is 0 Å². The summed E-state index contributed by atoms with van der Waals surface area (Å²) in [7, 11) is 0. The van der Waals surface area contributed by atoms with Crippen LogP contribution in [0.2, 0.25) is 0 Å². The molecule has 1 nitrogen and oxygen atoms in total. The van der Waals surface area contributed by atoms with Crippen LogP contribution in [0.4, 0.5) is 0 Å². The van der Waals surface area contributed by atoms with Crippen LogP contribution in [-0.4, -0.2) is 6.29 Å². The SMILES string of the molecule is C#Cc1ccccc1C=O.C1=CC2=CC=C1C2. The fraction of sp³-hybridized carbons (Fsp3) is 0.0625. The van der Waals surface area contributed by atoms with Crippen molar-refractivity contribution in [2.24, 2.45) is 0 Å². The summed E-state index contributed by atoms with van der Waals surface area (Å²) in [6.45, 7) is 0. The largest absolute Gasteiger partial charge is 0.298 e. The van der Waals surface area contributed by atoms with Crippen LogP contribution in [0, 0.1) is 12.3 Å². The average Bonchev–Trinajstić information content (AvgIpc) is 3.04. The maximum atomic E-state index is 10.3. The summed E-state index contributed by atoms with van der Waals surface area (Å²) in [6, 6.07) is 7.03. The van der Waals surface area contributed by atoms with Crippen LogP contribution >= 0.6 is 0 Å². The van der Waals surface area contributed by atoms with Crippen LogP contribution in [-0.2, 0) is 0 Å². The lowest BCUT2D eigenvalue weighted by Gasteiger charge is -1.91. The Balaban J connectivity index is 0.000000134. The lowest BCUT2D eigenvalue weighted by Crippen LogP contribution is -1.84. The molecule has 0 amide bonds. The van der Waals surface area contributed by atoms with Crippen molar-refractivity contribution in [3.63, 3.8) is 0 Å². The summed E-state index contributed by atoms with van der Waals surface area (Å²) in [6.07, 6.45) is 15.8. The smallest absolute Gasteiger partial charge is 0.151 e. The number of rotatable bonds is 1. The summed E-state index contributed by atoms with van der Waals surface area (Å²) in [5, 5.41) is 0. The molecule has 1 aromatic rings. The zero-order valence-corrected chi connectivity index (χ0v) is 9.39. The van der Waals surface area contributed by atoms with E-state index in [1.54, 1.807) is 18.2 Å². The first-order valence-corrected chi connectivity index (χ1v) is 5.42. The fourth-order valence-corrected chi connectivity index (χ4v) is 1.74. The van der Waals surface area contributed by atoms with Gasteiger partial charge < -0.3 is 0 Å². The van der Waals surface area contributed by atoms with Crippen molar-refractivity contribution < 1.29 is 4.79 Å². The van der Waals surface area contributed by atoms with Gasteiger partial charge in [0.25, 0.3) is 0 Å². The molecular formula is C16H12O. The van der Waals surface area contributed by atoms with Gasteiger partial charge in [-0.1, -0.05) is 48.4 Å². The molecule has 2 bridgehead atoms. The first-order valence-electron chi connectivity index (χ1n) is 5.42. The quantitative estimate of drug-likeness (QED) is 0.524. The Bertz CT molecular complexity index is 545. The molecule has 0 aromatic heterocycles. The van der Waals surface area contributed by atoms with Crippen molar-refractivity contribution in [3.05, 3.63) is 70.8 Å². The Morgan fingerprint density at radius 3 is 2.12 bits per heavy atom. The van der Waals surface area contributed by atoms with E-state index in [2.05, 4.69) is 30.2 Å². The fourth-order valence-electron chi connectivity index (χ4n) is 1.74. The van der Waals surface area contributed by atoms with E-state index in [4.69, 9.17) is 6.42 Å². The predicted molar refractivity (Wildman–Crippen MR) is 69.7 cm³/mol. The van der Waals surface area contributed by atoms with Crippen LogP contribution in [0.25, 0.3) is 0 Å². The van der Waals surface area contributed by atoms with Gasteiger partial charge in [-0.15, -0.1) is 6.42 Å². The van der Waals surface area contributed by atoms with E-state index in [9.17, 15) is 4.79 Å². The standard InChI is InChI=1S/C9H6O.C7H6/c1-2-8-5-3-4-6-9(8)7-10;1-2-7-4-3-6(1)5-7/h1,3-7H;1-4H,5H2. The second-order valence-electron chi connectivity index (χ2n) is 3.84. The van der Waals surface area contributed by atoms with E-state index in [0.29, 0.717) is 11.1 Å². The van der Waals surface area contributed by atoms with Crippen molar-refractivity contribution >= 4 is 6.29 Å². The Morgan fingerprint density at radius 2 is 1.76 bits per heavy atom. The minimum atomic E-state index is 0.574. The molecule has 0 saturated heterocycles. The molecule has 17 heavy (non-hydrogen) atoms. The van der Waals surface area contributed by atoms with Gasteiger partial charge in [0.15, 0.2) is 6.29 Å². The molecule has 0 unspecified atom stereocenters. The molecule has 0 spiro atoms. The van der Waals surface area contributed by atoms with Crippen LogP contribution in [0.5, 0.6) is 0 Å². The van der Waals surface area contributed by atoms with E-state index in [1.165, 1.54) is 17.6 Å². The Kier molecular flexibility index (Phi) is 3.37. The van der Waals surface area contributed by atoms with E-state index in [0.717, 1.165) is 6.29 Å². The van der Waals surface area contributed by atoms with Gasteiger partial charge in [-0.2, -0.15) is 0 Å². The zero-order valence-electron chi connectivity index (χ0n) is 9.39. The number of carbonyl (C=O) groups excluding carboxylic acids is 1. The van der Waals surface area contributed by atoms with E-state index in [-0.39, 0.29) is 0 Å². The number of fused-ring (bicyclic) bond motifs is 2. The highest BCUT2D eigenvalue weighted by molar-refractivity contribution is 5.79. The highest BCUT2D eigenvalue weighted by Gasteiger charge is 2.07. The molecule has 1 aromatic carbocycles. The van der Waals surface area contributed by atoms with Gasteiger partial charge in [-0.05, 0) is 23.6 Å². The van der Waals surface area contributed by atoms with Crippen molar-refractivity contribution in [2.45, 2.75) is 6.42 Å².